The largest absolute Gasteiger partial charge is 0.378 e. The molecule has 3 aliphatic rings. The Morgan fingerprint density at radius 3 is 2.62 bits per heavy atom. The van der Waals surface area contributed by atoms with E-state index in [1.165, 1.54) is 0 Å². The zero-order chi connectivity index (χ0) is 26.3. The van der Waals surface area contributed by atoms with E-state index in [1.807, 2.05) is 30.6 Å². The molecule has 1 unspecified atom stereocenters. The number of rotatable bonds is 5. The summed E-state index contributed by atoms with van der Waals surface area (Å²) < 4.78 is 15.6. The first-order chi connectivity index (χ1) is 19.2. The van der Waals surface area contributed by atoms with Gasteiger partial charge in [-0.05, 0) is 19.4 Å². The zero-order valence-electron chi connectivity index (χ0n) is 22.6. The minimum atomic E-state index is 0.181. The highest BCUT2D eigenvalue weighted by Crippen LogP contribution is 2.32. The molecule has 3 aliphatic heterocycles. The van der Waals surface area contributed by atoms with E-state index in [4.69, 9.17) is 24.4 Å². The van der Waals surface area contributed by atoms with Gasteiger partial charge in [0, 0.05) is 51.0 Å². The molecule has 3 fully saturated rings. The third-order valence-electron chi connectivity index (χ3n) is 8.12. The van der Waals surface area contributed by atoms with Crippen LogP contribution in [0.2, 0.25) is 0 Å². The molecule has 11 nitrogen and oxygen atoms in total. The summed E-state index contributed by atoms with van der Waals surface area (Å²) >= 11 is 0. The average molecular weight is 530 g/mol. The lowest BCUT2D eigenvalue weighted by Gasteiger charge is -2.44. The lowest BCUT2D eigenvalue weighted by molar-refractivity contribution is -0.0119. The topological polar surface area (TPSA) is 89.6 Å². The number of aryl methyl sites for hydroxylation is 1. The molecule has 11 heteroatoms. The molecule has 0 saturated carbocycles. The lowest BCUT2D eigenvalue weighted by Crippen LogP contribution is -2.58. The van der Waals surface area contributed by atoms with Gasteiger partial charge < -0.3 is 19.3 Å². The summed E-state index contributed by atoms with van der Waals surface area (Å²) in [4.78, 5) is 22.6. The summed E-state index contributed by atoms with van der Waals surface area (Å²) in [5.74, 6) is 2.34. The number of imidazole rings is 1. The van der Waals surface area contributed by atoms with E-state index >= 15 is 0 Å². The predicted molar refractivity (Wildman–Crippen MR) is 150 cm³/mol. The van der Waals surface area contributed by atoms with E-state index in [1.54, 1.807) is 4.68 Å². The highest BCUT2D eigenvalue weighted by molar-refractivity contribution is 5.87. The molecule has 6 heterocycles. The number of hydrogen-bond donors (Lipinski definition) is 0. The van der Waals surface area contributed by atoms with Gasteiger partial charge >= 0.3 is 0 Å². The van der Waals surface area contributed by atoms with Gasteiger partial charge in [0.2, 0.25) is 5.95 Å². The Bertz CT molecular complexity index is 1450. The van der Waals surface area contributed by atoms with Crippen molar-refractivity contribution in [3.05, 3.63) is 42.7 Å². The van der Waals surface area contributed by atoms with Crippen molar-refractivity contribution < 1.29 is 9.47 Å². The Labute approximate surface area is 228 Å². The van der Waals surface area contributed by atoms with Crippen LogP contribution < -0.4 is 9.80 Å². The fourth-order valence-electron chi connectivity index (χ4n) is 5.98. The van der Waals surface area contributed by atoms with Gasteiger partial charge in [0.1, 0.15) is 0 Å². The quantitative estimate of drug-likeness (QED) is 0.387. The molecule has 3 aromatic heterocycles. The van der Waals surface area contributed by atoms with Crippen molar-refractivity contribution in [1.82, 2.24) is 34.2 Å². The molecule has 7 rings (SSSR count). The minimum Gasteiger partial charge on any atom is -0.378 e. The molecule has 2 atom stereocenters. The third kappa shape index (κ3) is 4.44. The van der Waals surface area contributed by atoms with Crippen molar-refractivity contribution in [2.45, 2.75) is 32.5 Å². The lowest BCUT2D eigenvalue weighted by atomic mass is 10.1. The number of nitrogens with zero attached hydrogens (tertiary/aromatic N) is 9. The van der Waals surface area contributed by atoms with Crippen molar-refractivity contribution in [3.8, 4) is 17.1 Å². The smallest absolute Gasteiger partial charge is 0.254 e. The van der Waals surface area contributed by atoms with Gasteiger partial charge in [-0.3, -0.25) is 9.47 Å². The monoisotopic (exact) mass is 529 g/mol. The minimum absolute atomic E-state index is 0.181. The standard InChI is InChI=1S/C28H35N9O2/c1-3-35-25-24(30-28(35)34-10-9-33-11-13-39-19-23(33)17-34)26(36-12-14-38-18-20(36)2)32-27(31-25)37-16-22(15-29-37)21-7-5-4-6-8-21/h4-8,15-16,20,23H,3,9-14,17-19H2,1-2H3/t20-,23?/m1/s1. The maximum atomic E-state index is 5.80. The van der Waals surface area contributed by atoms with E-state index in [2.05, 4.69) is 50.3 Å². The summed E-state index contributed by atoms with van der Waals surface area (Å²) in [5.41, 5.74) is 3.81. The molecular formula is C28H35N9O2. The van der Waals surface area contributed by atoms with Gasteiger partial charge in [0.25, 0.3) is 5.95 Å². The molecule has 3 saturated heterocycles. The number of fused-ring (bicyclic) bond motifs is 2. The first kappa shape index (κ1) is 24.5. The van der Waals surface area contributed by atoms with Crippen molar-refractivity contribution in [2.75, 3.05) is 69.0 Å². The maximum Gasteiger partial charge on any atom is 0.254 e. The Morgan fingerprint density at radius 1 is 0.923 bits per heavy atom. The van der Waals surface area contributed by atoms with Crippen molar-refractivity contribution in [2.24, 2.45) is 0 Å². The summed E-state index contributed by atoms with van der Waals surface area (Å²) in [6, 6.07) is 10.8. The average Bonchev–Trinajstić information content (AvgIpc) is 3.63. The van der Waals surface area contributed by atoms with Gasteiger partial charge in [-0.15, -0.1) is 0 Å². The molecule has 0 bridgehead atoms. The normalized spacial score (nSPS) is 22.4. The Hall–Kier alpha value is -3.54. The van der Waals surface area contributed by atoms with Crippen LogP contribution in [0, 0.1) is 0 Å². The second-order valence-corrected chi connectivity index (χ2v) is 10.5. The maximum absolute atomic E-state index is 5.80. The first-order valence-corrected chi connectivity index (χ1v) is 14.0. The van der Waals surface area contributed by atoms with Crippen LogP contribution in [-0.4, -0.2) is 105 Å². The van der Waals surface area contributed by atoms with Gasteiger partial charge in [-0.25, -0.2) is 9.67 Å². The number of ether oxygens (including phenoxy) is 2. The molecule has 0 spiro atoms. The second kappa shape index (κ2) is 10.2. The van der Waals surface area contributed by atoms with Crippen LogP contribution in [0.25, 0.3) is 28.2 Å². The molecular weight excluding hydrogens is 494 g/mol. The van der Waals surface area contributed by atoms with E-state index < -0.39 is 0 Å². The fourth-order valence-corrected chi connectivity index (χ4v) is 5.98. The molecule has 0 N–H and O–H groups in total. The van der Waals surface area contributed by atoms with Crippen LogP contribution in [0.5, 0.6) is 0 Å². The number of anilines is 2. The number of morpholine rings is 2. The third-order valence-corrected chi connectivity index (χ3v) is 8.12. The van der Waals surface area contributed by atoms with Crippen molar-refractivity contribution in [1.29, 1.82) is 0 Å². The van der Waals surface area contributed by atoms with E-state index in [9.17, 15) is 0 Å². The molecule has 39 heavy (non-hydrogen) atoms. The Kier molecular flexibility index (Phi) is 6.42. The fraction of sp³-hybridized carbons (Fsp3) is 0.500. The highest BCUT2D eigenvalue weighted by Gasteiger charge is 2.33. The van der Waals surface area contributed by atoms with Crippen LogP contribution in [-0.2, 0) is 16.0 Å². The van der Waals surface area contributed by atoms with Gasteiger partial charge in [0.05, 0.1) is 44.7 Å². The number of hydrogen-bond acceptors (Lipinski definition) is 9. The number of benzene rings is 1. The van der Waals surface area contributed by atoms with Gasteiger partial charge in [0.15, 0.2) is 17.0 Å². The zero-order valence-corrected chi connectivity index (χ0v) is 22.6. The molecule has 204 valence electrons. The van der Waals surface area contributed by atoms with Gasteiger partial charge in [-0.2, -0.15) is 15.1 Å². The van der Waals surface area contributed by atoms with Crippen LogP contribution in [0.4, 0.5) is 11.8 Å². The molecule has 4 aromatic rings. The Morgan fingerprint density at radius 2 is 1.77 bits per heavy atom. The predicted octanol–water partition coefficient (Wildman–Crippen LogP) is 2.44. The molecule has 0 amide bonds. The van der Waals surface area contributed by atoms with Crippen LogP contribution in [0.3, 0.4) is 0 Å². The van der Waals surface area contributed by atoms with Crippen molar-refractivity contribution >= 4 is 22.9 Å². The number of aromatic nitrogens is 6. The summed E-state index contributed by atoms with van der Waals surface area (Å²) in [7, 11) is 0. The van der Waals surface area contributed by atoms with Crippen LogP contribution >= 0.6 is 0 Å². The molecule has 1 aromatic carbocycles. The number of piperazine rings is 1. The van der Waals surface area contributed by atoms with E-state index in [-0.39, 0.29) is 6.04 Å². The Balaban J connectivity index is 1.34. The second-order valence-electron chi connectivity index (χ2n) is 10.5. The summed E-state index contributed by atoms with van der Waals surface area (Å²) in [6.07, 6.45) is 3.87. The van der Waals surface area contributed by atoms with Crippen LogP contribution in [0.15, 0.2) is 42.7 Å². The molecule has 0 aliphatic carbocycles. The molecule has 0 radical (unpaired) electrons. The van der Waals surface area contributed by atoms with Gasteiger partial charge in [-0.1, -0.05) is 30.3 Å². The highest BCUT2D eigenvalue weighted by atomic mass is 16.5. The van der Waals surface area contributed by atoms with E-state index in [0.717, 1.165) is 86.5 Å². The SMILES string of the molecule is CCn1c(N2CCN3CCOCC3C2)nc2c(N3CCOC[C@H]3C)nc(-n3cc(-c4ccccc4)cn3)nc21. The first-order valence-electron chi connectivity index (χ1n) is 14.0. The van der Waals surface area contributed by atoms with Crippen molar-refractivity contribution in [3.63, 3.8) is 0 Å². The summed E-state index contributed by atoms with van der Waals surface area (Å²) in [6.45, 7) is 12.6. The van der Waals surface area contributed by atoms with E-state index in [0.29, 0.717) is 25.2 Å². The summed E-state index contributed by atoms with van der Waals surface area (Å²) in [5, 5.41) is 4.66. The van der Waals surface area contributed by atoms with Crippen LogP contribution in [0.1, 0.15) is 13.8 Å².